The number of ether oxygens (including phenoxy) is 1. The van der Waals surface area contributed by atoms with Gasteiger partial charge in [0, 0.05) is 22.9 Å². The Labute approximate surface area is 108 Å². The van der Waals surface area contributed by atoms with Crippen molar-refractivity contribution in [2.24, 2.45) is 0 Å². The fraction of sp³-hybridized carbons (Fsp3) is 0.438. The Morgan fingerprint density at radius 1 is 1.22 bits per heavy atom. The number of hydrogen-bond donors (Lipinski definition) is 0. The lowest BCUT2D eigenvalue weighted by molar-refractivity contribution is 0.315. The molecule has 0 aliphatic carbocycles. The van der Waals surface area contributed by atoms with Gasteiger partial charge < -0.3 is 4.74 Å². The molecular formula is C16H19NO. The first-order chi connectivity index (χ1) is 8.48. The zero-order valence-corrected chi connectivity index (χ0v) is 11.5. The predicted molar refractivity (Wildman–Crippen MR) is 74.4 cm³/mol. The van der Waals surface area contributed by atoms with Gasteiger partial charge in [-0.05, 0) is 23.9 Å². The van der Waals surface area contributed by atoms with Gasteiger partial charge in [0.2, 0.25) is 0 Å². The quantitative estimate of drug-likeness (QED) is 0.700. The van der Waals surface area contributed by atoms with Gasteiger partial charge in [0.25, 0.3) is 0 Å². The minimum Gasteiger partial charge on any atom is -0.492 e. The number of aryl methyl sites for hydroxylation is 1. The van der Waals surface area contributed by atoms with E-state index >= 15 is 0 Å². The Morgan fingerprint density at radius 2 is 2.00 bits per heavy atom. The van der Waals surface area contributed by atoms with Crippen LogP contribution in [-0.2, 0) is 11.8 Å². The molecule has 0 amide bonds. The van der Waals surface area contributed by atoms with Crippen molar-refractivity contribution in [3.8, 4) is 5.75 Å². The Balaban J connectivity index is 2.42. The van der Waals surface area contributed by atoms with Crippen LogP contribution in [-0.4, -0.2) is 11.6 Å². The fourth-order valence-electron chi connectivity index (χ4n) is 2.83. The molecule has 0 saturated carbocycles. The second-order valence-electron chi connectivity index (χ2n) is 6.06. The normalized spacial score (nSPS) is 14.7. The maximum atomic E-state index is 5.74. The maximum absolute atomic E-state index is 5.74. The Bertz CT molecular complexity index is 623. The zero-order valence-electron chi connectivity index (χ0n) is 11.5. The summed E-state index contributed by atoms with van der Waals surface area (Å²) in [5.74, 6) is 0.991. The van der Waals surface area contributed by atoms with Crippen molar-refractivity contribution in [3.63, 3.8) is 0 Å². The van der Waals surface area contributed by atoms with Gasteiger partial charge in [0.15, 0.2) is 0 Å². The highest BCUT2D eigenvalue weighted by Crippen LogP contribution is 2.37. The van der Waals surface area contributed by atoms with Gasteiger partial charge >= 0.3 is 0 Å². The fourth-order valence-corrected chi connectivity index (χ4v) is 2.83. The molecule has 94 valence electrons. The minimum atomic E-state index is 0.0864. The van der Waals surface area contributed by atoms with E-state index in [1.807, 2.05) is 6.07 Å². The Morgan fingerprint density at radius 3 is 2.72 bits per heavy atom. The molecule has 2 heterocycles. The Kier molecular flexibility index (Phi) is 2.37. The summed E-state index contributed by atoms with van der Waals surface area (Å²) < 4.78 is 5.74. The van der Waals surface area contributed by atoms with E-state index in [1.54, 1.807) is 0 Å². The van der Waals surface area contributed by atoms with Crippen LogP contribution in [0.3, 0.4) is 0 Å². The molecule has 1 aromatic heterocycles. The summed E-state index contributed by atoms with van der Waals surface area (Å²) in [4.78, 5) is 4.92. The van der Waals surface area contributed by atoms with Crippen LogP contribution in [0.1, 0.15) is 37.7 Å². The molecule has 0 radical (unpaired) electrons. The highest BCUT2D eigenvalue weighted by molar-refractivity contribution is 5.93. The van der Waals surface area contributed by atoms with Crippen LogP contribution < -0.4 is 4.74 Å². The average Bonchev–Trinajstić information content (AvgIpc) is 2.32. The molecule has 3 rings (SSSR count). The monoisotopic (exact) mass is 241 g/mol. The number of hydrogen-bond acceptors (Lipinski definition) is 2. The molecule has 0 bridgehead atoms. The van der Waals surface area contributed by atoms with Crippen molar-refractivity contribution in [1.82, 2.24) is 4.98 Å². The lowest BCUT2D eigenvalue weighted by Gasteiger charge is -2.26. The van der Waals surface area contributed by atoms with Crippen LogP contribution in [0.15, 0.2) is 18.2 Å². The standard InChI is InChI=1S/C16H19NO/c1-10-11-6-5-7-13-14(11)12(8-9-18-13)17-15(10)16(2,3)4/h5-7H,8-9H2,1-4H3. The van der Waals surface area contributed by atoms with Crippen molar-refractivity contribution >= 4 is 10.8 Å². The molecule has 18 heavy (non-hydrogen) atoms. The largest absolute Gasteiger partial charge is 0.492 e. The van der Waals surface area contributed by atoms with E-state index in [0.29, 0.717) is 0 Å². The van der Waals surface area contributed by atoms with Gasteiger partial charge in [0.1, 0.15) is 5.75 Å². The second kappa shape index (κ2) is 3.71. The molecule has 1 aromatic carbocycles. The highest BCUT2D eigenvalue weighted by atomic mass is 16.5. The lowest BCUT2D eigenvalue weighted by atomic mass is 9.86. The zero-order chi connectivity index (χ0) is 12.9. The second-order valence-corrected chi connectivity index (χ2v) is 6.06. The summed E-state index contributed by atoms with van der Waals surface area (Å²) in [6, 6.07) is 6.30. The predicted octanol–water partition coefficient (Wildman–Crippen LogP) is 3.78. The molecule has 0 saturated heterocycles. The molecule has 2 aromatic rings. The Hall–Kier alpha value is -1.57. The van der Waals surface area contributed by atoms with Crippen molar-refractivity contribution in [3.05, 3.63) is 35.2 Å². The topological polar surface area (TPSA) is 22.1 Å². The molecule has 2 heteroatoms. The van der Waals surface area contributed by atoms with Crippen molar-refractivity contribution in [2.45, 2.75) is 39.5 Å². The van der Waals surface area contributed by atoms with Gasteiger partial charge in [-0.25, -0.2) is 0 Å². The summed E-state index contributed by atoms with van der Waals surface area (Å²) in [5.41, 5.74) is 3.78. The minimum absolute atomic E-state index is 0.0864. The third-order valence-corrected chi connectivity index (χ3v) is 3.63. The molecule has 2 nitrogen and oxygen atoms in total. The summed E-state index contributed by atoms with van der Waals surface area (Å²) in [5, 5.41) is 2.51. The average molecular weight is 241 g/mol. The smallest absolute Gasteiger partial charge is 0.128 e. The maximum Gasteiger partial charge on any atom is 0.128 e. The summed E-state index contributed by atoms with van der Waals surface area (Å²) in [7, 11) is 0. The number of aromatic nitrogens is 1. The molecule has 1 aliphatic rings. The molecular weight excluding hydrogens is 222 g/mol. The van der Waals surface area contributed by atoms with Gasteiger partial charge in [0.05, 0.1) is 12.3 Å². The van der Waals surface area contributed by atoms with E-state index in [-0.39, 0.29) is 5.41 Å². The van der Waals surface area contributed by atoms with Crippen LogP contribution in [0, 0.1) is 6.92 Å². The third-order valence-electron chi connectivity index (χ3n) is 3.63. The SMILES string of the molecule is Cc1c(C(C)(C)C)nc2c3c(cccc13)OCC2. The first-order valence-electron chi connectivity index (χ1n) is 6.54. The molecule has 0 unspecified atom stereocenters. The summed E-state index contributed by atoms with van der Waals surface area (Å²) in [6.45, 7) is 9.59. The van der Waals surface area contributed by atoms with E-state index < -0.39 is 0 Å². The number of pyridine rings is 1. The summed E-state index contributed by atoms with van der Waals surface area (Å²) >= 11 is 0. The highest BCUT2D eigenvalue weighted by Gasteiger charge is 2.24. The van der Waals surface area contributed by atoms with Crippen molar-refractivity contribution in [1.29, 1.82) is 0 Å². The van der Waals surface area contributed by atoms with Gasteiger partial charge in [-0.3, -0.25) is 4.98 Å². The van der Waals surface area contributed by atoms with Gasteiger partial charge in [-0.15, -0.1) is 0 Å². The molecule has 0 atom stereocenters. The first-order valence-corrected chi connectivity index (χ1v) is 6.54. The van der Waals surface area contributed by atoms with Crippen LogP contribution in [0.5, 0.6) is 5.75 Å². The molecule has 0 fully saturated rings. The lowest BCUT2D eigenvalue weighted by Crippen LogP contribution is -2.19. The first kappa shape index (κ1) is 11.5. The van der Waals surface area contributed by atoms with Gasteiger partial charge in [-0.2, -0.15) is 0 Å². The van der Waals surface area contributed by atoms with E-state index in [0.717, 1.165) is 18.8 Å². The molecule has 0 spiro atoms. The van der Waals surface area contributed by atoms with Crippen molar-refractivity contribution in [2.75, 3.05) is 6.61 Å². The van der Waals surface area contributed by atoms with Crippen LogP contribution in [0.2, 0.25) is 0 Å². The van der Waals surface area contributed by atoms with E-state index in [1.165, 1.54) is 27.7 Å². The van der Waals surface area contributed by atoms with Gasteiger partial charge in [-0.1, -0.05) is 32.9 Å². The van der Waals surface area contributed by atoms with Crippen LogP contribution in [0.25, 0.3) is 10.8 Å². The van der Waals surface area contributed by atoms with E-state index in [2.05, 4.69) is 39.8 Å². The van der Waals surface area contributed by atoms with Crippen molar-refractivity contribution < 1.29 is 4.74 Å². The summed E-state index contributed by atoms with van der Waals surface area (Å²) in [6.07, 6.45) is 0.914. The van der Waals surface area contributed by atoms with Crippen LogP contribution in [0.4, 0.5) is 0 Å². The number of benzene rings is 1. The number of nitrogens with zero attached hydrogens (tertiary/aromatic N) is 1. The van der Waals surface area contributed by atoms with E-state index in [4.69, 9.17) is 9.72 Å². The third kappa shape index (κ3) is 1.59. The molecule has 0 N–H and O–H groups in total. The molecule has 1 aliphatic heterocycles. The number of rotatable bonds is 0. The van der Waals surface area contributed by atoms with Crippen LogP contribution >= 0.6 is 0 Å². The van der Waals surface area contributed by atoms with E-state index in [9.17, 15) is 0 Å².